The Hall–Kier alpha value is -1.43. The predicted octanol–water partition coefficient (Wildman–Crippen LogP) is 0.0416. The molecule has 1 amide bonds. The van der Waals surface area contributed by atoms with Gasteiger partial charge in [-0.1, -0.05) is 6.92 Å². The van der Waals surface area contributed by atoms with Crippen molar-refractivity contribution in [3.8, 4) is 0 Å². The fourth-order valence-corrected chi connectivity index (χ4v) is 1.46. The van der Waals surface area contributed by atoms with Crippen LogP contribution in [0.3, 0.4) is 0 Å². The highest BCUT2D eigenvalue weighted by atomic mass is 16.1. The van der Waals surface area contributed by atoms with Gasteiger partial charge in [-0.25, -0.2) is 9.67 Å². The number of primary amides is 1. The summed E-state index contributed by atoms with van der Waals surface area (Å²) in [6.45, 7) is 5.48. The van der Waals surface area contributed by atoms with Crippen molar-refractivity contribution in [3.63, 3.8) is 0 Å². The van der Waals surface area contributed by atoms with E-state index < -0.39 is 0 Å². The van der Waals surface area contributed by atoms with Crippen LogP contribution in [-0.4, -0.2) is 26.7 Å². The van der Waals surface area contributed by atoms with Gasteiger partial charge in [0.15, 0.2) is 0 Å². The van der Waals surface area contributed by atoms with Crippen molar-refractivity contribution in [3.05, 3.63) is 12.2 Å². The molecule has 1 aromatic heterocycles. The molecule has 1 atom stereocenters. The van der Waals surface area contributed by atoms with Crippen LogP contribution in [0.25, 0.3) is 0 Å². The first-order valence-electron chi connectivity index (χ1n) is 5.51. The lowest BCUT2D eigenvalue weighted by atomic mass is 10.2. The number of hydrogen-bond donors (Lipinski definition) is 2. The van der Waals surface area contributed by atoms with Gasteiger partial charge in [-0.2, -0.15) is 5.10 Å². The van der Waals surface area contributed by atoms with Crippen LogP contribution in [0.1, 0.15) is 32.5 Å². The Balaban J connectivity index is 2.41. The number of amides is 1. The number of nitrogens with one attached hydrogen (secondary N) is 1. The Kier molecular flexibility index (Phi) is 4.91. The molecule has 0 aliphatic heterocycles. The maximum absolute atomic E-state index is 10.7. The van der Waals surface area contributed by atoms with Crippen molar-refractivity contribution in [2.45, 2.75) is 45.8 Å². The first kappa shape index (κ1) is 12.6. The maximum Gasteiger partial charge on any atom is 0.218 e. The normalized spacial score (nSPS) is 12.6. The average Bonchev–Trinajstić information content (AvgIpc) is 2.62. The molecular weight excluding hydrogens is 206 g/mol. The maximum atomic E-state index is 10.7. The van der Waals surface area contributed by atoms with Gasteiger partial charge in [-0.3, -0.25) is 4.79 Å². The first-order chi connectivity index (χ1) is 7.63. The van der Waals surface area contributed by atoms with Crippen molar-refractivity contribution >= 4 is 5.91 Å². The monoisotopic (exact) mass is 225 g/mol. The summed E-state index contributed by atoms with van der Waals surface area (Å²) in [6, 6.07) is 0.0595. The highest BCUT2D eigenvalue weighted by molar-refractivity contribution is 5.74. The van der Waals surface area contributed by atoms with E-state index in [-0.39, 0.29) is 11.9 Å². The third-order valence-electron chi connectivity index (χ3n) is 2.25. The lowest BCUT2D eigenvalue weighted by molar-refractivity contribution is -0.118. The van der Waals surface area contributed by atoms with E-state index in [1.54, 1.807) is 6.33 Å². The summed E-state index contributed by atoms with van der Waals surface area (Å²) < 4.78 is 1.87. The van der Waals surface area contributed by atoms with Crippen molar-refractivity contribution in [1.29, 1.82) is 0 Å². The fourth-order valence-electron chi connectivity index (χ4n) is 1.46. The number of nitrogens with zero attached hydrogens (tertiary/aromatic N) is 3. The Bertz CT molecular complexity index is 336. The second-order valence-electron chi connectivity index (χ2n) is 3.85. The summed E-state index contributed by atoms with van der Waals surface area (Å²) in [7, 11) is 0. The molecular formula is C10H19N5O. The van der Waals surface area contributed by atoms with Crippen LogP contribution >= 0.6 is 0 Å². The Morgan fingerprint density at radius 3 is 3.06 bits per heavy atom. The topological polar surface area (TPSA) is 85.8 Å². The lowest BCUT2D eigenvalue weighted by Crippen LogP contribution is -2.31. The van der Waals surface area contributed by atoms with Gasteiger partial charge in [0, 0.05) is 19.0 Å². The molecule has 6 heteroatoms. The van der Waals surface area contributed by atoms with E-state index in [9.17, 15) is 4.79 Å². The number of carbonyl (C=O) groups is 1. The standard InChI is InChI=1S/C10H19N5O/c1-3-4-15-10(13-7-14-15)6-12-8(2)5-9(11)16/h7-8,12H,3-6H2,1-2H3,(H2,11,16). The minimum absolute atomic E-state index is 0.0595. The summed E-state index contributed by atoms with van der Waals surface area (Å²) in [5.41, 5.74) is 5.11. The Morgan fingerprint density at radius 1 is 1.69 bits per heavy atom. The van der Waals surface area contributed by atoms with Crippen LogP contribution < -0.4 is 11.1 Å². The van der Waals surface area contributed by atoms with Crippen LogP contribution in [-0.2, 0) is 17.9 Å². The number of nitrogens with two attached hydrogens (primary N) is 1. The van der Waals surface area contributed by atoms with Gasteiger partial charge in [0.25, 0.3) is 0 Å². The molecule has 0 spiro atoms. The molecule has 1 aromatic rings. The molecule has 0 aliphatic rings. The number of aromatic nitrogens is 3. The average molecular weight is 225 g/mol. The summed E-state index contributed by atoms with van der Waals surface area (Å²) >= 11 is 0. The third kappa shape index (κ3) is 3.98. The van der Waals surface area contributed by atoms with Gasteiger partial charge in [0.1, 0.15) is 12.2 Å². The van der Waals surface area contributed by atoms with Crippen LogP contribution in [0.5, 0.6) is 0 Å². The Morgan fingerprint density at radius 2 is 2.44 bits per heavy atom. The minimum Gasteiger partial charge on any atom is -0.370 e. The first-order valence-corrected chi connectivity index (χ1v) is 5.51. The second-order valence-corrected chi connectivity index (χ2v) is 3.85. The molecule has 0 bridgehead atoms. The summed E-state index contributed by atoms with van der Waals surface area (Å²) in [6.07, 6.45) is 2.90. The number of aryl methyl sites for hydroxylation is 1. The lowest BCUT2D eigenvalue weighted by Gasteiger charge is -2.11. The minimum atomic E-state index is -0.296. The third-order valence-corrected chi connectivity index (χ3v) is 2.25. The van der Waals surface area contributed by atoms with E-state index in [2.05, 4.69) is 22.3 Å². The van der Waals surface area contributed by atoms with Gasteiger partial charge >= 0.3 is 0 Å². The molecule has 1 heterocycles. The zero-order valence-corrected chi connectivity index (χ0v) is 9.81. The Labute approximate surface area is 95.2 Å². The summed E-state index contributed by atoms with van der Waals surface area (Å²) in [5.74, 6) is 0.591. The molecule has 1 unspecified atom stereocenters. The zero-order valence-electron chi connectivity index (χ0n) is 9.81. The van der Waals surface area contributed by atoms with Gasteiger partial charge in [-0.15, -0.1) is 0 Å². The zero-order chi connectivity index (χ0) is 12.0. The van der Waals surface area contributed by atoms with E-state index >= 15 is 0 Å². The summed E-state index contributed by atoms with van der Waals surface area (Å²) in [5, 5.41) is 7.31. The highest BCUT2D eigenvalue weighted by Gasteiger charge is 2.08. The van der Waals surface area contributed by atoms with Crippen molar-refractivity contribution in [2.75, 3.05) is 0 Å². The summed E-state index contributed by atoms with van der Waals surface area (Å²) in [4.78, 5) is 14.8. The van der Waals surface area contributed by atoms with Gasteiger partial charge in [0.05, 0.1) is 6.54 Å². The molecule has 6 nitrogen and oxygen atoms in total. The largest absolute Gasteiger partial charge is 0.370 e. The van der Waals surface area contributed by atoms with E-state index in [1.165, 1.54) is 0 Å². The SMILES string of the molecule is CCCn1ncnc1CNC(C)CC(N)=O. The molecule has 16 heavy (non-hydrogen) atoms. The van der Waals surface area contributed by atoms with Gasteiger partial charge in [0.2, 0.25) is 5.91 Å². The van der Waals surface area contributed by atoms with Crippen LogP contribution in [0.15, 0.2) is 6.33 Å². The predicted molar refractivity (Wildman–Crippen MR) is 60.4 cm³/mol. The quantitative estimate of drug-likeness (QED) is 0.686. The second kappa shape index (κ2) is 6.22. The highest BCUT2D eigenvalue weighted by Crippen LogP contribution is 1.97. The van der Waals surface area contributed by atoms with Crippen LogP contribution in [0.4, 0.5) is 0 Å². The van der Waals surface area contributed by atoms with Crippen molar-refractivity contribution in [2.24, 2.45) is 5.73 Å². The van der Waals surface area contributed by atoms with Crippen molar-refractivity contribution in [1.82, 2.24) is 20.1 Å². The number of hydrogen-bond acceptors (Lipinski definition) is 4. The molecule has 0 aliphatic carbocycles. The van der Waals surface area contributed by atoms with Crippen LogP contribution in [0, 0.1) is 0 Å². The van der Waals surface area contributed by atoms with Crippen molar-refractivity contribution < 1.29 is 4.79 Å². The molecule has 0 saturated heterocycles. The molecule has 0 radical (unpaired) electrons. The fraction of sp³-hybridized carbons (Fsp3) is 0.700. The molecule has 1 rings (SSSR count). The molecule has 90 valence electrons. The van der Waals surface area contributed by atoms with Gasteiger partial charge in [-0.05, 0) is 13.3 Å². The number of carbonyl (C=O) groups excluding carboxylic acids is 1. The van der Waals surface area contributed by atoms with E-state index in [0.717, 1.165) is 18.8 Å². The molecule has 0 saturated carbocycles. The smallest absolute Gasteiger partial charge is 0.218 e. The molecule has 0 fully saturated rings. The van der Waals surface area contributed by atoms with E-state index in [4.69, 9.17) is 5.73 Å². The molecule has 0 aromatic carbocycles. The molecule has 3 N–H and O–H groups in total. The van der Waals surface area contributed by atoms with E-state index in [0.29, 0.717) is 13.0 Å². The van der Waals surface area contributed by atoms with Gasteiger partial charge < -0.3 is 11.1 Å². The number of rotatable bonds is 7. The van der Waals surface area contributed by atoms with Crippen LogP contribution in [0.2, 0.25) is 0 Å². The van der Waals surface area contributed by atoms with E-state index in [1.807, 2.05) is 11.6 Å².